The average molecular weight is 375 g/mol. The van der Waals surface area contributed by atoms with E-state index in [-0.39, 0.29) is 30.3 Å². The van der Waals surface area contributed by atoms with Crippen molar-refractivity contribution in [3.05, 3.63) is 35.9 Å². The lowest BCUT2D eigenvalue weighted by atomic mass is 9.98. The van der Waals surface area contributed by atoms with Crippen LogP contribution in [-0.2, 0) is 16.0 Å². The van der Waals surface area contributed by atoms with Crippen molar-refractivity contribution < 1.29 is 19.5 Å². The van der Waals surface area contributed by atoms with E-state index in [0.29, 0.717) is 32.5 Å². The number of benzene rings is 1. The Kier molecular flexibility index (Phi) is 8.10. The smallest absolute Gasteiger partial charge is 0.317 e. The van der Waals surface area contributed by atoms with Gasteiger partial charge >= 0.3 is 12.0 Å². The van der Waals surface area contributed by atoms with Crippen LogP contribution < -0.4 is 10.6 Å². The first-order valence-corrected chi connectivity index (χ1v) is 9.49. The van der Waals surface area contributed by atoms with Crippen molar-refractivity contribution in [1.29, 1.82) is 0 Å². The highest BCUT2D eigenvalue weighted by Crippen LogP contribution is 2.16. The summed E-state index contributed by atoms with van der Waals surface area (Å²) in [4.78, 5) is 36.5. The topological polar surface area (TPSA) is 98.7 Å². The van der Waals surface area contributed by atoms with Crippen molar-refractivity contribution in [2.24, 2.45) is 5.92 Å². The van der Waals surface area contributed by atoms with Crippen molar-refractivity contribution in [3.8, 4) is 0 Å². The number of carboxylic acids is 1. The molecule has 0 spiro atoms. The molecule has 1 fully saturated rings. The Morgan fingerprint density at radius 2 is 2.00 bits per heavy atom. The molecule has 7 nitrogen and oxygen atoms in total. The molecule has 1 aliphatic heterocycles. The molecule has 0 aromatic heterocycles. The Hall–Kier alpha value is -2.57. The third-order valence-corrected chi connectivity index (χ3v) is 4.81. The molecular formula is C20H29N3O4. The Balaban J connectivity index is 1.92. The van der Waals surface area contributed by atoms with E-state index in [2.05, 4.69) is 10.6 Å². The standard InChI is InChI=1S/C20H29N3O4/c1-15(24)21-13-17-8-5-11-23(14-17)20(27)22-18(9-10-19(25)26)12-16-6-3-2-4-7-16/h2-4,6-7,17-18H,5,8-14H2,1H3,(H,21,24)(H,22,27)(H,25,26). The molecule has 2 atom stereocenters. The molecule has 1 aromatic carbocycles. The first-order valence-electron chi connectivity index (χ1n) is 9.49. The van der Waals surface area contributed by atoms with Crippen LogP contribution in [0, 0.1) is 5.92 Å². The quantitative estimate of drug-likeness (QED) is 0.647. The Labute approximate surface area is 160 Å². The van der Waals surface area contributed by atoms with Crippen molar-refractivity contribution in [3.63, 3.8) is 0 Å². The van der Waals surface area contributed by atoms with Gasteiger partial charge in [0, 0.05) is 39.0 Å². The maximum atomic E-state index is 12.7. The van der Waals surface area contributed by atoms with Crippen LogP contribution in [0.25, 0.3) is 0 Å². The van der Waals surface area contributed by atoms with E-state index < -0.39 is 5.97 Å². The zero-order valence-electron chi connectivity index (χ0n) is 15.8. The minimum atomic E-state index is -0.865. The number of hydrogen-bond donors (Lipinski definition) is 3. The highest BCUT2D eigenvalue weighted by Gasteiger charge is 2.25. The molecule has 0 bridgehead atoms. The van der Waals surface area contributed by atoms with Crippen molar-refractivity contribution >= 4 is 17.9 Å². The van der Waals surface area contributed by atoms with Gasteiger partial charge in [-0.1, -0.05) is 30.3 Å². The summed E-state index contributed by atoms with van der Waals surface area (Å²) in [5.74, 6) is -0.677. The van der Waals surface area contributed by atoms with E-state index in [1.807, 2.05) is 30.3 Å². The molecule has 0 aliphatic carbocycles. The van der Waals surface area contributed by atoms with Gasteiger partial charge in [-0.15, -0.1) is 0 Å². The number of carbonyl (C=O) groups is 3. The Morgan fingerprint density at radius 1 is 1.26 bits per heavy atom. The molecule has 1 heterocycles. The van der Waals surface area contributed by atoms with Gasteiger partial charge in [-0.2, -0.15) is 0 Å². The van der Waals surface area contributed by atoms with E-state index in [1.165, 1.54) is 6.92 Å². The monoisotopic (exact) mass is 375 g/mol. The first kappa shape index (κ1) is 20.7. The highest BCUT2D eigenvalue weighted by atomic mass is 16.4. The predicted octanol–water partition coefficient (Wildman–Crippen LogP) is 2.02. The summed E-state index contributed by atoms with van der Waals surface area (Å²) in [6.07, 6.45) is 2.89. The summed E-state index contributed by atoms with van der Waals surface area (Å²) < 4.78 is 0. The lowest BCUT2D eigenvalue weighted by molar-refractivity contribution is -0.137. The fourth-order valence-corrected chi connectivity index (χ4v) is 3.39. The second kappa shape index (κ2) is 10.5. The molecule has 0 saturated carbocycles. The van der Waals surface area contributed by atoms with E-state index in [1.54, 1.807) is 4.90 Å². The number of hydrogen-bond acceptors (Lipinski definition) is 3. The van der Waals surface area contributed by atoms with Crippen molar-refractivity contribution in [2.75, 3.05) is 19.6 Å². The first-order chi connectivity index (χ1) is 12.9. The van der Waals surface area contributed by atoms with E-state index in [9.17, 15) is 14.4 Å². The minimum absolute atomic E-state index is 0.0168. The summed E-state index contributed by atoms with van der Waals surface area (Å²) in [6.45, 7) is 3.35. The van der Waals surface area contributed by atoms with Gasteiger partial charge in [-0.3, -0.25) is 9.59 Å². The largest absolute Gasteiger partial charge is 0.481 e. The maximum absolute atomic E-state index is 12.7. The highest BCUT2D eigenvalue weighted by molar-refractivity contribution is 5.75. The van der Waals surface area contributed by atoms with Gasteiger partial charge in [0.2, 0.25) is 5.91 Å². The second-order valence-electron chi connectivity index (χ2n) is 7.16. The number of carbonyl (C=O) groups excluding carboxylic acids is 2. The normalized spacial score (nSPS) is 17.8. The number of amides is 3. The summed E-state index contributed by atoms with van der Waals surface area (Å²) in [7, 11) is 0. The van der Waals surface area contributed by atoms with Gasteiger partial charge < -0.3 is 20.6 Å². The maximum Gasteiger partial charge on any atom is 0.317 e. The lowest BCUT2D eigenvalue weighted by Gasteiger charge is -2.34. The summed E-state index contributed by atoms with van der Waals surface area (Å²) >= 11 is 0. The van der Waals surface area contributed by atoms with Crippen LogP contribution in [-0.4, -0.2) is 53.6 Å². The number of rotatable bonds is 8. The molecule has 148 valence electrons. The van der Waals surface area contributed by atoms with E-state index in [0.717, 1.165) is 18.4 Å². The van der Waals surface area contributed by atoms with Crippen LogP contribution >= 0.6 is 0 Å². The molecule has 27 heavy (non-hydrogen) atoms. The third kappa shape index (κ3) is 7.68. The number of nitrogens with one attached hydrogen (secondary N) is 2. The van der Waals surface area contributed by atoms with Gasteiger partial charge in [-0.05, 0) is 37.2 Å². The van der Waals surface area contributed by atoms with Gasteiger partial charge in [0.1, 0.15) is 0 Å². The number of likely N-dealkylation sites (tertiary alicyclic amines) is 1. The fourth-order valence-electron chi connectivity index (χ4n) is 3.39. The molecule has 1 aliphatic rings. The number of nitrogens with zero attached hydrogens (tertiary/aromatic N) is 1. The molecule has 1 aromatic rings. The zero-order chi connectivity index (χ0) is 19.6. The van der Waals surface area contributed by atoms with Crippen molar-refractivity contribution in [1.82, 2.24) is 15.5 Å². The molecule has 0 radical (unpaired) electrons. The number of carboxylic acid groups (broad SMARTS) is 1. The SMILES string of the molecule is CC(=O)NCC1CCCN(C(=O)NC(CCC(=O)O)Cc2ccccc2)C1. The van der Waals surface area contributed by atoms with Crippen LogP contribution in [0.2, 0.25) is 0 Å². The number of urea groups is 1. The molecule has 3 N–H and O–H groups in total. The van der Waals surface area contributed by atoms with Crippen LogP contribution in [0.4, 0.5) is 4.79 Å². The Bertz CT molecular complexity index is 635. The molecule has 3 amide bonds. The van der Waals surface area contributed by atoms with Crippen LogP contribution in [0.5, 0.6) is 0 Å². The van der Waals surface area contributed by atoms with Gasteiger partial charge in [0.05, 0.1) is 0 Å². The number of aliphatic carboxylic acids is 1. The van der Waals surface area contributed by atoms with Gasteiger partial charge in [-0.25, -0.2) is 4.79 Å². The zero-order valence-corrected chi connectivity index (χ0v) is 15.8. The summed E-state index contributed by atoms with van der Waals surface area (Å²) in [5, 5.41) is 14.8. The van der Waals surface area contributed by atoms with Crippen LogP contribution in [0.1, 0.15) is 38.2 Å². The second-order valence-corrected chi connectivity index (χ2v) is 7.16. The van der Waals surface area contributed by atoms with Gasteiger partial charge in [0.15, 0.2) is 0 Å². The average Bonchev–Trinajstić information content (AvgIpc) is 2.65. The third-order valence-electron chi connectivity index (χ3n) is 4.81. The van der Waals surface area contributed by atoms with Crippen LogP contribution in [0.15, 0.2) is 30.3 Å². The molecule has 2 rings (SSSR count). The molecular weight excluding hydrogens is 346 g/mol. The summed E-state index contributed by atoms with van der Waals surface area (Å²) in [6, 6.07) is 9.36. The number of piperidine rings is 1. The molecule has 2 unspecified atom stereocenters. The van der Waals surface area contributed by atoms with E-state index >= 15 is 0 Å². The van der Waals surface area contributed by atoms with Crippen molar-refractivity contribution in [2.45, 2.75) is 45.1 Å². The predicted molar refractivity (Wildman–Crippen MR) is 102 cm³/mol. The van der Waals surface area contributed by atoms with Crippen LogP contribution in [0.3, 0.4) is 0 Å². The fraction of sp³-hybridized carbons (Fsp3) is 0.550. The molecule has 7 heteroatoms. The lowest BCUT2D eigenvalue weighted by Crippen LogP contribution is -2.50. The minimum Gasteiger partial charge on any atom is -0.481 e. The summed E-state index contributed by atoms with van der Waals surface area (Å²) in [5.41, 5.74) is 1.07. The molecule has 1 saturated heterocycles. The van der Waals surface area contributed by atoms with Gasteiger partial charge in [0.25, 0.3) is 0 Å². The Morgan fingerprint density at radius 3 is 2.67 bits per heavy atom. The van der Waals surface area contributed by atoms with E-state index in [4.69, 9.17) is 5.11 Å².